The SMILES string of the molecule is Fc1cnc(N2CCCC(CBr)C2)c(F)c1. The average molecular weight is 291 g/mol. The van der Waals surface area contributed by atoms with E-state index in [0.29, 0.717) is 5.92 Å². The molecule has 1 aromatic rings. The number of alkyl halides is 1. The number of rotatable bonds is 2. The Kier molecular flexibility index (Phi) is 3.74. The molecule has 1 saturated heterocycles. The van der Waals surface area contributed by atoms with Crippen molar-refractivity contribution in [3.05, 3.63) is 23.9 Å². The lowest BCUT2D eigenvalue weighted by molar-refractivity contribution is 0.445. The Labute approximate surface area is 102 Å². The zero-order valence-corrected chi connectivity index (χ0v) is 10.4. The first-order valence-electron chi connectivity index (χ1n) is 5.32. The third-order valence-corrected chi connectivity index (χ3v) is 3.74. The second-order valence-electron chi connectivity index (χ2n) is 4.07. The van der Waals surface area contributed by atoms with Gasteiger partial charge in [-0.1, -0.05) is 15.9 Å². The first-order chi connectivity index (χ1) is 7.70. The highest BCUT2D eigenvalue weighted by Crippen LogP contribution is 2.24. The number of anilines is 1. The summed E-state index contributed by atoms with van der Waals surface area (Å²) in [4.78, 5) is 5.72. The van der Waals surface area contributed by atoms with Crippen molar-refractivity contribution in [2.75, 3.05) is 23.3 Å². The standard InChI is InChI=1S/C11H13BrF2N2/c12-5-8-2-1-3-16(7-8)11-10(14)4-9(13)6-15-11/h4,6,8H,1-3,5,7H2. The number of hydrogen-bond acceptors (Lipinski definition) is 2. The van der Waals surface area contributed by atoms with Crippen LogP contribution < -0.4 is 4.90 Å². The molecule has 1 atom stereocenters. The molecule has 88 valence electrons. The lowest BCUT2D eigenvalue weighted by Crippen LogP contribution is -2.37. The van der Waals surface area contributed by atoms with Gasteiger partial charge in [0.15, 0.2) is 11.6 Å². The van der Waals surface area contributed by atoms with Crippen LogP contribution >= 0.6 is 15.9 Å². The zero-order valence-electron chi connectivity index (χ0n) is 8.80. The van der Waals surface area contributed by atoms with Crippen LogP contribution in [0.25, 0.3) is 0 Å². The fourth-order valence-electron chi connectivity index (χ4n) is 2.02. The second kappa shape index (κ2) is 5.08. The van der Waals surface area contributed by atoms with E-state index in [1.165, 1.54) is 0 Å². The summed E-state index contributed by atoms with van der Waals surface area (Å²) in [6, 6.07) is 0.889. The Morgan fingerprint density at radius 1 is 1.50 bits per heavy atom. The predicted molar refractivity (Wildman–Crippen MR) is 62.9 cm³/mol. The van der Waals surface area contributed by atoms with Crippen LogP contribution in [0.2, 0.25) is 0 Å². The van der Waals surface area contributed by atoms with E-state index in [9.17, 15) is 8.78 Å². The largest absolute Gasteiger partial charge is 0.354 e. The molecule has 0 amide bonds. The molecule has 1 aliphatic heterocycles. The van der Waals surface area contributed by atoms with E-state index >= 15 is 0 Å². The van der Waals surface area contributed by atoms with Crippen molar-refractivity contribution in [1.29, 1.82) is 0 Å². The van der Waals surface area contributed by atoms with Gasteiger partial charge in [0.1, 0.15) is 5.82 Å². The minimum absolute atomic E-state index is 0.270. The van der Waals surface area contributed by atoms with Crippen LogP contribution in [-0.4, -0.2) is 23.4 Å². The summed E-state index contributed by atoms with van der Waals surface area (Å²) in [6.07, 6.45) is 3.23. The fourth-order valence-corrected chi connectivity index (χ4v) is 2.55. The van der Waals surface area contributed by atoms with Crippen molar-refractivity contribution in [2.45, 2.75) is 12.8 Å². The summed E-state index contributed by atoms with van der Waals surface area (Å²) < 4.78 is 26.2. The van der Waals surface area contributed by atoms with Crippen LogP contribution in [0.15, 0.2) is 12.3 Å². The summed E-state index contributed by atoms with van der Waals surface area (Å²) in [7, 11) is 0. The Morgan fingerprint density at radius 3 is 3.00 bits per heavy atom. The van der Waals surface area contributed by atoms with Crippen LogP contribution in [0.3, 0.4) is 0 Å². The summed E-state index contributed by atoms with van der Waals surface area (Å²) in [5.41, 5.74) is 0. The summed E-state index contributed by atoms with van der Waals surface area (Å²) in [5.74, 6) is -0.419. The number of hydrogen-bond donors (Lipinski definition) is 0. The van der Waals surface area contributed by atoms with Gasteiger partial charge in [-0.25, -0.2) is 13.8 Å². The van der Waals surface area contributed by atoms with Crippen molar-refractivity contribution in [3.8, 4) is 0 Å². The van der Waals surface area contributed by atoms with Gasteiger partial charge >= 0.3 is 0 Å². The van der Waals surface area contributed by atoms with Gasteiger partial charge in [-0.2, -0.15) is 0 Å². The fraction of sp³-hybridized carbons (Fsp3) is 0.545. The molecular formula is C11H13BrF2N2. The molecule has 0 N–H and O–H groups in total. The molecule has 1 aliphatic rings. The molecule has 1 aromatic heterocycles. The van der Waals surface area contributed by atoms with Crippen molar-refractivity contribution in [2.24, 2.45) is 5.92 Å². The highest BCUT2D eigenvalue weighted by atomic mass is 79.9. The van der Waals surface area contributed by atoms with E-state index in [0.717, 1.165) is 43.5 Å². The summed E-state index contributed by atoms with van der Waals surface area (Å²) in [5, 5.41) is 0.909. The van der Waals surface area contributed by atoms with Crippen molar-refractivity contribution in [3.63, 3.8) is 0 Å². The number of pyridine rings is 1. The van der Waals surface area contributed by atoms with Crippen molar-refractivity contribution < 1.29 is 8.78 Å². The predicted octanol–water partition coefficient (Wildman–Crippen LogP) is 2.97. The monoisotopic (exact) mass is 290 g/mol. The quantitative estimate of drug-likeness (QED) is 0.779. The van der Waals surface area contributed by atoms with Gasteiger partial charge in [-0.3, -0.25) is 0 Å². The summed E-state index contributed by atoms with van der Waals surface area (Å²) >= 11 is 3.44. The van der Waals surface area contributed by atoms with E-state index in [4.69, 9.17) is 0 Å². The molecule has 1 fully saturated rings. The normalized spacial score (nSPS) is 21.2. The van der Waals surface area contributed by atoms with Crippen molar-refractivity contribution in [1.82, 2.24) is 4.98 Å². The van der Waals surface area contributed by atoms with Gasteiger partial charge in [0.25, 0.3) is 0 Å². The highest BCUT2D eigenvalue weighted by molar-refractivity contribution is 9.09. The Bertz CT molecular complexity index is 373. The number of piperidine rings is 1. The second-order valence-corrected chi connectivity index (χ2v) is 4.72. The van der Waals surface area contributed by atoms with Crippen LogP contribution in [0.1, 0.15) is 12.8 Å². The molecule has 2 heterocycles. The van der Waals surface area contributed by atoms with Gasteiger partial charge in [0.05, 0.1) is 6.20 Å². The molecule has 0 saturated carbocycles. The van der Waals surface area contributed by atoms with Gasteiger partial charge < -0.3 is 4.90 Å². The Balaban J connectivity index is 2.16. The molecule has 1 unspecified atom stereocenters. The lowest BCUT2D eigenvalue weighted by Gasteiger charge is -2.32. The lowest BCUT2D eigenvalue weighted by atomic mass is 10.0. The van der Waals surface area contributed by atoms with E-state index in [2.05, 4.69) is 20.9 Å². The minimum atomic E-state index is -0.629. The number of aromatic nitrogens is 1. The zero-order chi connectivity index (χ0) is 11.5. The highest BCUT2D eigenvalue weighted by Gasteiger charge is 2.22. The van der Waals surface area contributed by atoms with E-state index in [-0.39, 0.29) is 5.82 Å². The molecule has 2 nitrogen and oxygen atoms in total. The Morgan fingerprint density at radius 2 is 2.31 bits per heavy atom. The topological polar surface area (TPSA) is 16.1 Å². The third kappa shape index (κ3) is 2.51. The molecule has 0 aliphatic carbocycles. The first-order valence-corrected chi connectivity index (χ1v) is 6.45. The van der Waals surface area contributed by atoms with E-state index in [1.54, 1.807) is 0 Å². The molecule has 16 heavy (non-hydrogen) atoms. The van der Waals surface area contributed by atoms with Crippen LogP contribution in [0.4, 0.5) is 14.6 Å². The van der Waals surface area contributed by atoms with Crippen molar-refractivity contribution >= 4 is 21.7 Å². The molecule has 0 radical (unpaired) electrons. The molecule has 2 rings (SSSR count). The van der Waals surface area contributed by atoms with E-state index < -0.39 is 11.6 Å². The van der Waals surface area contributed by atoms with Crippen LogP contribution in [0, 0.1) is 17.6 Å². The molecular weight excluding hydrogens is 278 g/mol. The van der Waals surface area contributed by atoms with Crippen LogP contribution in [-0.2, 0) is 0 Å². The third-order valence-electron chi connectivity index (χ3n) is 2.83. The maximum Gasteiger partial charge on any atom is 0.168 e. The number of halogens is 3. The van der Waals surface area contributed by atoms with Gasteiger partial charge in [0, 0.05) is 24.5 Å². The molecule has 0 spiro atoms. The molecule has 0 aromatic carbocycles. The molecule has 0 bridgehead atoms. The number of nitrogens with zero attached hydrogens (tertiary/aromatic N) is 2. The van der Waals surface area contributed by atoms with Gasteiger partial charge in [-0.05, 0) is 18.8 Å². The smallest absolute Gasteiger partial charge is 0.168 e. The van der Waals surface area contributed by atoms with Gasteiger partial charge in [-0.15, -0.1) is 0 Å². The maximum absolute atomic E-state index is 13.5. The average Bonchev–Trinajstić information content (AvgIpc) is 2.29. The molecule has 5 heteroatoms. The summed E-state index contributed by atoms with van der Waals surface area (Å²) in [6.45, 7) is 1.57. The first kappa shape index (κ1) is 11.8. The minimum Gasteiger partial charge on any atom is -0.354 e. The van der Waals surface area contributed by atoms with Gasteiger partial charge in [0.2, 0.25) is 0 Å². The van der Waals surface area contributed by atoms with Crippen LogP contribution in [0.5, 0.6) is 0 Å². The Hall–Kier alpha value is -0.710. The van der Waals surface area contributed by atoms with E-state index in [1.807, 2.05) is 4.90 Å². The maximum atomic E-state index is 13.5.